The van der Waals surface area contributed by atoms with E-state index in [4.69, 9.17) is 4.42 Å². The minimum absolute atomic E-state index is 0.0639. The third kappa shape index (κ3) is 3.98. The molecule has 0 saturated carbocycles. The van der Waals surface area contributed by atoms with Gasteiger partial charge in [-0.1, -0.05) is 47.7 Å². The van der Waals surface area contributed by atoms with Crippen molar-refractivity contribution in [1.29, 1.82) is 0 Å². The zero-order chi connectivity index (χ0) is 21.3. The average molecular weight is 421 g/mol. The van der Waals surface area contributed by atoms with Gasteiger partial charge in [0.2, 0.25) is 11.7 Å². The number of nitrogens with zero attached hydrogens (tertiary/aromatic N) is 3. The molecule has 0 radical (unpaired) electrons. The van der Waals surface area contributed by atoms with E-state index < -0.39 is 0 Å². The molecule has 0 aliphatic carbocycles. The molecule has 0 unspecified atom stereocenters. The van der Waals surface area contributed by atoms with Crippen LogP contribution >= 0.6 is 11.8 Å². The van der Waals surface area contributed by atoms with E-state index in [1.165, 1.54) is 17.3 Å². The van der Waals surface area contributed by atoms with E-state index in [0.29, 0.717) is 23.3 Å². The molecule has 2 aromatic heterocycles. The fourth-order valence-electron chi connectivity index (χ4n) is 3.64. The number of thioether (sulfide) groups is 1. The van der Waals surface area contributed by atoms with Gasteiger partial charge in [-0.25, -0.2) is 0 Å². The molecule has 1 N–H and O–H groups in total. The third-order valence-corrected chi connectivity index (χ3v) is 5.92. The Bertz CT molecular complexity index is 1170. The lowest BCUT2D eigenvalue weighted by Gasteiger charge is -2.12. The van der Waals surface area contributed by atoms with Crippen molar-refractivity contribution in [2.24, 2.45) is 0 Å². The summed E-state index contributed by atoms with van der Waals surface area (Å²) in [4.78, 5) is 12.6. The first-order valence-electron chi connectivity index (χ1n) is 9.89. The second-order valence-corrected chi connectivity index (χ2v) is 8.25. The summed E-state index contributed by atoms with van der Waals surface area (Å²) in [5.74, 6) is 1.53. The van der Waals surface area contributed by atoms with Crippen LogP contribution in [-0.4, -0.2) is 26.4 Å². The van der Waals surface area contributed by atoms with Crippen LogP contribution < -0.4 is 5.32 Å². The highest BCUT2D eigenvalue weighted by molar-refractivity contribution is 7.99. The van der Waals surface area contributed by atoms with E-state index in [2.05, 4.69) is 34.6 Å². The van der Waals surface area contributed by atoms with Crippen LogP contribution in [0.25, 0.3) is 22.6 Å². The average Bonchev–Trinajstić information content (AvgIpc) is 3.32. The van der Waals surface area contributed by atoms with Gasteiger partial charge in [-0.3, -0.25) is 9.36 Å². The molecule has 4 rings (SSSR count). The quantitative estimate of drug-likeness (QED) is 0.425. The van der Waals surface area contributed by atoms with Crippen LogP contribution in [0.15, 0.2) is 52.0 Å². The van der Waals surface area contributed by atoms with Crippen LogP contribution in [0.2, 0.25) is 0 Å². The number of furan rings is 1. The van der Waals surface area contributed by atoms with E-state index in [-0.39, 0.29) is 11.7 Å². The van der Waals surface area contributed by atoms with Gasteiger partial charge < -0.3 is 9.73 Å². The highest BCUT2D eigenvalue weighted by Gasteiger charge is 2.18. The molecule has 0 bridgehead atoms. The first kappa shape index (κ1) is 20.2. The summed E-state index contributed by atoms with van der Waals surface area (Å²) in [5, 5.41) is 13.4. The molecule has 2 heterocycles. The molecular weight excluding hydrogens is 396 g/mol. The van der Waals surface area contributed by atoms with Crippen molar-refractivity contribution in [2.75, 3.05) is 11.1 Å². The van der Waals surface area contributed by atoms with Crippen LogP contribution in [0.5, 0.6) is 0 Å². The monoisotopic (exact) mass is 420 g/mol. The molecule has 0 aliphatic rings. The van der Waals surface area contributed by atoms with Crippen LogP contribution in [0.1, 0.15) is 23.6 Å². The summed E-state index contributed by atoms with van der Waals surface area (Å²) < 4.78 is 7.91. The highest BCUT2D eigenvalue weighted by atomic mass is 32.2. The van der Waals surface area contributed by atoms with Crippen molar-refractivity contribution in [1.82, 2.24) is 14.8 Å². The van der Waals surface area contributed by atoms with Crippen molar-refractivity contribution < 1.29 is 9.21 Å². The highest BCUT2D eigenvalue weighted by Crippen LogP contribution is 2.29. The van der Waals surface area contributed by atoms with Crippen LogP contribution in [0, 0.1) is 20.8 Å². The van der Waals surface area contributed by atoms with Gasteiger partial charge in [-0.05, 0) is 51.0 Å². The molecule has 0 atom stereocenters. The molecule has 1 amide bonds. The van der Waals surface area contributed by atoms with Crippen LogP contribution in [-0.2, 0) is 11.3 Å². The number of aromatic nitrogens is 3. The van der Waals surface area contributed by atoms with Gasteiger partial charge in [0.15, 0.2) is 10.9 Å². The van der Waals surface area contributed by atoms with Crippen molar-refractivity contribution in [3.63, 3.8) is 0 Å². The van der Waals surface area contributed by atoms with Crippen LogP contribution in [0.4, 0.5) is 5.69 Å². The lowest BCUT2D eigenvalue weighted by Crippen LogP contribution is -2.16. The third-order valence-electron chi connectivity index (χ3n) is 4.95. The van der Waals surface area contributed by atoms with Crippen LogP contribution in [0.3, 0.4) is 0 Å². The molecular formula is C23H24N4O2S. The van der Waals surface area contributed by atoms with Crippen molar-refractivity contribution in [2.45, 2.75) is 39.4 Å². The fourth-order valence-corrected chi connectivity index (χ4v) is 4.44. The molecule has 6 nitrogen and oxygen atoms in total. The minimum atomic E-state index is -0.0639. The van der Waals surface area contributed by atoms with Crippen molar-refractivity contribution >= 4 is 34.3 Å². The largest absolute Gasteiger partial charge is 0.453 e. The maximum absolute atomic E-state index is 12.6. The number of hydrogen-bond donors (Lipinski definition) is 1. The SMILES string of the molecule is CCn1c(SCC(=O)Nc2c(C)cc(C)cc2C)nnc1-c1cc2ccccc2o1. The number of nitrogens with one attached hydrogen (secondary N) is 1. The maximum atomic E-state index is 12.6. The molecule has 0 aliphatic heterocycles. The first-order chi connectivity index (χ1) is 14.5. The Balaban J connectivity index is 1.50. The molecule has 154 valence electrons. The lowest BCUT2D eigenvalue weighted by atomic mass is 10.1. The summed E-state index contributed by atoms with van der Waals surface area (Å²) in [5.41, 5.74) is 5.01. The summed E-state index contributed by atoms with van der Waals surface area (Å²) in [6, 6.07) is 14.0. The van der Waals surface area contributed by atoms with E-state index in [0.717, 1.165) is 27.8 Å². The van der Waals surface area contributed by atoms with Gasteiger partial charge in [0, 0.05) is 17.6 Å². The Hall–Kier alpha value is -3.06. The fraction of sp³-hybridized carbons (Fsp3) is 0.261. The predicted octanol–water partition coefficient (Wildman–Crippen LogP) is 5.37. The number of hydrogen-bond acceptors (Lipinski definition) is 5. The Kier molecular flexibility index (Phi) is 5.63. The van der Waals surface area contributed by atoms with Crippen molar-refractivity contribution in [3.8, 4) is 11.6 Å². The number of benzene rings is 2. The maximum Gasteiger partial charge on any atom is 0.234 e. The zero-order valence-electron chi connectivity index (χ0n) is 17.5. The van der Waals surface area contributed by atoms with Gasteiger partial charge in [0.25, 0.3) is 0 Å². The predicted molar refractivity (Wildman–Crippen MR) is 121 cm³/mol. The second kappa shape index (κ2) is 8.36. The van der Waals surface area contributed by atoms with Crippen molar-refractivity contribution in [3.05, 3.63) is 59.2 Å². The Morgan fingerprint density at radius 2 is 1.83 bits per heavy atom. The summed E-state index contributed by atoms with van der Waals surface area (Å²) in [6.07, 6.45) is 0. The number of amides is 1. The van der Waals surface area contributed by atoms with Gasteiger partial charge in [0.05, 0.1) is 5.75 Å². The number of para-hydroxylation sites is 1. The number of rotatable bonds is 6. The first-order valence-corrected chi connectivity index (χ1v) is 10.9. The standard InChI is InChI=1S/C23H24N4O2S/c1-5-27-22(19-12-17-8-6-7-9-18(17)29-19)25-26-23(27)30-13-20(28)24-21-15(3)10-14(2)11-16(21)4/h6-12H,5,13H2,1-4H3,(H,24,28). The normalized spacial score (nSPS) is 11.2. The van der Waals surface area contributed by atoms with E-state index in [9.17, 15) is 4.79 Å². The summed E-state index contributed by atoms with van der Waals surface area (Å²) in [6.45, 7) is 8.78. The number of anilines is 1. The molecule has 30 heavy (non-hydrogen) atoms. The van der Waals surface area contributed by atoms with Gasteiger partial charge in [-0.2, -0.15) is 0 Å². The smallest absolute Gasteiger partial charge is 0.234 e. The van der Waals surface area contributed by atoms with Gasteiger partial charge >= 0.3 is 0 Å². The number of fused-ring (bicyclic) bond motifs is 1. The number of carbonyl (C=O) groups excluding carboxylic acids is 1. The summed E-state index contributed by atoms with van der Waals surface area (Å²) in [7, 11) is 0. The van der Waals surface area contributed by atoms with Gasteiger partial charge in [-0.15, -0.1) is 10.2 Å². The van der Waals surface area contributed by atoms with Gasteiger partial charge in [0.1, 0.15) is 5.58 Å². The molecule has 2 aromatic carbocycles. The molecule has 7 heteroatoms. The van der Waals surface area contributed by atoms with E-state index in [1.807, 2.05) is 55.7 Å². The number of aryl methyl sites for hydroxylation is 3. The number of carbonyl (C=O) groups is 1. The Morgan fingerprint density at radius 3 is 2.53 bits per heavy atom. The topological polar surface area (TPSA) is 73.0 Å². The summed E-state index contributed by atoms with van der Waals surface area (Å²) >= 11 is 1.37. The zero-order valence-corrected chi connectivity index (χ0v) is 18.3. The second-order valence-electron chi connectivity index (χ2n) is 7.31. The Morgan fingerprint density at radius 1 is 1.10 bits per heavy atom. The Labute approximate surface area is 179 Å². The minimum Gasteiger partial charge on any atom is -0.453 e. The molecule has 0 fully saturated rings. The molecule has 4 aromatic rings. The lowest BCUT2D eigenvalue weighted by molar-refractivity contribution is -0.113. The molecule has 0 spiro atoms. The molecule has 0 saturated heterocycles. The van der Waals surface area contributed by atoms with E-state index >= 15 is 0 Å². The van der Waals surface area contributed by atoms with E-state index in [1.54, 1.807) is 0 Å².